The van der Waals surface area contributed by atoms with E-state index in [1.54, 1.807) is 14.0 Å². The average molecular weight is 358 g/mol. The Labute approximate surface area is 153 Å². The molecule has 1 fully saturated rings. The van der Waals surface area contributed by atoms with E-state index in [2.05, 4.69) is 10.5 Å². The number of nitrogens with one attached hydrogen (secondary N) is 1. The Morgan fingerprint density at radius 1 is 1.19 bits per heavy atom. The molecular formula is C20H26N2O4. The minimum absolute atomic E-state index is 0.188. The molecule has 0 atom stereocenters. The van der Waals surface area contributed by atoms with Crippen LogP contribution in [0.3, 0.4) is 0 Å². The predicted octanol–water partition coefficient (Wildman–Crippen LogP) is 4.02. The van der Waals surface area contributed by atoms with Gasteiger partial charge >= 0.3 is 0 Å². The zero-order valence-electron chi connectivity index (χ0n) is 15.4. The predicted molar refractivity (Wildman–Crippen MR) is 97.5 cm³/mol. The molecule has 1 aliphatic rings. The van der Waals surface area contributed by atoms with Crippen LogP contribution in [0.25, 0.3) is 0 Å². The van der Waals surface area contributed by atoms with Crippen LogP contribution in [0.2, 0.25) is 0 Å². The second-order valence-corrected chi connectivity index (χ2v) is 6.67. The molecule has 1 N–H and O–H groups in total. The van der Waals surface area contributed by atoms with Crippen LogP contribution < -0.4 is 14.8 Å². The van der Waals surface area contributed by atoms with Crippen LogP contribution in [-0.2, 0) is 6.61 Å². The van der Waals surface area contributed by atoms with Crippen LogP contribution in [-0.4, -0.2) is 24.2 Å². The normalized spacial score (nSPS) is 15.3. The number of amides is 1. The van der Waals surface area contributed by atoms with E-state index in [0.717, 1.165) is 25.7 Å². The highest BCUT2D eigenvalue weighted by atomic mass is 16.5. The molecule has 3 rings (SSSR count). The van der Waals surface area contributed by atoms with E-state index >= 15 is 0 Å². The number of para-hydroxylation sites is 2. The summed E-state index contributed by atoms with van der Waals surface area (Å²) in [4.78, 5) is 12.7. The SMILES string of the molecule is COc1ccccc1OCc1c(C(=O)NC2CCCCCC2)noc1C. The first kappa shape index (κ1) is 18.3. The minimum Gasteiger partial charge on any atom is -0.493 e. The highest BCUT2D eigenvalue weighted by molar-refractivity contribution is 5.94. The molecule has 1 heterocycles. The van der Waals surface area contributed by atoms with E-state index < -0.39 is 0 Å². The third kappa shape index (κ3) is 4.36. The number of carbonyl (C=O) groups excluding carboxylic acids is 1. The fourth-order valence-corrected chi connectivity index (χ4v) is 3.30. The van der Waals surface area contributed by atoms with Gasteiger partial charge in [0.05, 0.1) is 12.7 Å². The van der Waals surface area contributed by atoms with Crippen molar-refractivity contribution >= 4 is 5.91 Å². The van der Waals surface area contributed by atoms with Crippen molar-refractivity contribution in [2.45, 2.75) is 58.1 Å². The van der Waals surface area contributed by atoms with Gasteiger partial charge in [-0.15, -0.1) is 0 Å². The fourth-order valence-electron chi connectivity index (χ4n) is 3.30. The van der Waals surface area contributed by atoms with Gasteiger partial charge in [-0.05, 0) is 31.9 Å². The van der Waals surface area contributed by atoms with Crippen molar-refractivity contribution in [3.05, 3.63) is 41.3 Å². The molecule has 1 aromatic carbocycles. The zero-order valence-corrected chi connectivity index (χ0v) is 15.4. The van der Waals surface area contributed by atoms with Gasteiger partial charge in [-0.3, -0.25) is 4.79 Å². The quantitative estimate of drug-likeness (QED) is 0.790. The molecule has 0 radical (unpaired) electrons. The number of rotatable bonds is 6. The van der Waals surface area contributed by atoms with Crippen LogP contribution >= 0.6 is 0 Å². The van der Waals surface area contributed by atoms with Crippen LogP contribution in [0.15, 0.2) is 28.8 Å². The number of hydrogen-bond donors (Lipinski definition) is 1. The fraction of sp³-hybridized carbons (Fsp3) is 0.500. The summed E-state index contributed by atoms with van der Waals surface area (Å²) in [6.07, 6.45) is 6.85. The van der Waals surface area contributed by atoms with Crippen LogP contribution in [0.5, 0.6) is 11.5 Å². The number of aromatic nitrogens is 1. The molecule has 6 heteroatoms. The summed E-state index contributed by atoms with van der Waals surface area (Å²) in [5, 5.41) is 7.07. The number of carbonyl (C=O) groups is 1. The maximum Gasteiger partial charge on any atom is 0.274 e. The zero-order chi connectivity index (χ0) is 18.4. The summed E-state index contributed by atoms with van der Waals surface area (Å²) in [7, 11) is 1.60. The molecule has 0 saturated heterocycles. The van der Waals surface area contributed by atoms with E-state index in [0.29, 0.717) is 28.5 Å². The first-order valence-electron chi connectivity index (χ1n) is 9.21. The van der Waals surface area contributed by atoms with Crippen LogP contribution in [0, 0.1) is 6.92 Å². The highest BCUT2D eigenvalue weighted by Gasteiger charge is 2.23. The van der Waals surface area contributed by atoms with Crippen molar-refractivity contribution in [3.8, 4) is 11.5 Å². The molecule has 0 bridgehead atoms. The van der Waals surface area contributed by atoms with E-state index in [4.69, 9.17) is 14.0 Å². The van der Waals surface area contributed by atoms with E-state index in [9.17, 15) is 4.79 Å². The average Bonchev–Trinajstić information content (AvgIpc) is 2.85. The lowest BCUT2D eigenvalue weighted by Crippen LogP contribution is -2.35. The summed E-state index contributed by atoms with van der Waals surface area (Å²) < 4.78 is 16.4. The molecule has 1 aromatic heterocycles. The van der Waals surface area contributed by atoms with Gasteiger partial charge in [0.2, 0.25) is 0 Å². The smallest absolute Gasteiger partial charge is 0.274 e. The highest BCUT2D eigenvalue weighted by Crippen LogP contribution is 2.27. The van der Waals surface area contributed by atoms with Crippen LogP contribution in [0.4, 0.5) is 0 Å². The van der Waals surface area contributed by atoms with Crippen molar-refractivity contribution in [1.82, 2.24) is 10.5 Å². The molecule has 2 aromatic rings. The molecule has 1 amide bonds. The summed E-state index contributed by atoms with van der Waals surface area (Å²) in [6.45, 7) is 1.99. The lowest BCUT2D eigenvalue weighted by Gasteiger charge is -2.15. The van der Waals surface area contributed by atoms with Gasteiger partial charge in [0.1, 0.15) is 12.4 Å². The van der Waals surface area contributed by atoms with Gasteiger partial charge in [-0.2, -0.15) is 0 Å². The van der Waals surface area contributed by atoms with Crippen molar-refractivity contribution in [2.75, 3.05) is 7.11 Å². The molecule has 26 heavy (non-hydrogen) atoms. The molecule has 0 aliphatic heterocycles. The maximum atomic E-state index is 12.7. The summed E-state index contributed by atoms with van der Waals surface area (Å²) in [6, 6.07) is 7.62. The number of aryl methyl sites for hydroxylation is 1. The third-order valence-electron chi connectivity index (χ3n) is 4.83. The lowest BCUT2D eigenvalue weighted by molar-refractivity contribution is 0.0922. The molecule has 0 unspecified atom stereocenters. The van der Waals surface area contributed by atoms with Gasteiger partial charge in [0.25, 0.3) is 5.91 Å². The maximum absolute atomic E-state index is 12.7. The van der Waals surface area contributed by atoms with Gasteiger partial charge in [0.15, 0.2) is 17.2 Å². The van der Waals surface area contributed by atoms with E-state index in [1.165, 1.54) is 12.8 Å². The van der Waals surface area contributed by atoms with Crippen molar-refractivity contribution in [3.63, 3.8) is 0 Å². The Morgan fingerprint density at radius 2 is 1.88 bits per heavy atom. The van der Waals surface area contributed by atoms with E-state index in [-0.39, 0.29) is 18.6 Å². The lowest BCUT2D eigenvalue weighted by atomic mass is 10.1. The first-order valence-corrected chi connectivity index (χ1v) is 9.21. The monoisotopic (exact) mass is 358 g/mol. The standard InChI is InChI=1S/C20H26N2O4/c1-14-16(13-25-18-12-8-7-11-17(18)24-2)19(22-26-14)20(23)21-15-9-5-3-4-6-10-15/h7-8,11-12,15H,3-6,9-10,13H2,1-2H3,(H,21,23). The largest absolute Gasteiger partial charge is 0.493 e. The second kappa shape index (κ2) is 8.74. The van der Waals surface area contributed by atoms with Gasteiger partial charge in [-0.25, -0.2) is 0 Å². The van der Waals surface area contributed by atoms with Gasteiger partial charge in [-0.1, -0.05) is 43.0 Å². The number of ether oxygens (including phenoxy) is 2. The Morgan fingerprint density at radius 3 is 2.58 bits per heavy atom. The molecule has 140 valence electrons. The number of hydrogen-bond acceptors (Lipinski definition) is 5. The van der Waals surface area contributed by atoms with E-state index in [1.807, 2.05) is 24.3 Å². The molecule has 1 saturated carbocycles. The number of benzene rings is 1. The van der Waals surface area contributed by atoms with Crippen molar-refractivity contribution in [1.29, 1.82) is 0 Å². The topological polar surface area (TPSA) is 73.6 Å². The first-order chi connectivity index (χ1) is 12.7. The van der Waals surface area contributed by atoms with Crippen molar-refractivity contribution in [2.24, 2.45) is 0 Å². The van der Waals surface area contributed by atoms with Crippen LogP contribution in [0.1, 0.15) is 60.3 Å². The molecule has 6 nitrogen and oxygen atoms in total. The van der Waals surface area contributed by atoms with Crippen molar-refractivity contribution < 1.29 is 18.8 Å². The van der Waals surface area contributed by atoms with Gasteiger partial charge < -0.3 is 19.3 Å². The second-order valence-electron chi connectivity index (χ2n) is 6.67. The van der Waals surface area contributed by atoms with Gasteiger partial charge in [0, 0.05) is 6.04 Å². The number of methoxy groups -OCH3 is 1. The number of nitrogens with zero attached hydrogens (tertiary/aromatic N) is 1. The summed E-state index contributed by atoms with van der Waals surface area (Å²) >= 11 is 0. The summed E-state index contributed by atoms with van der Waals surface area (Å²) in [5.74, 6) is 1.66. The molecule has 0 spiro atoms. The Balaban J connectivity index is 1.68. The Kier molecular flexibility index (Phi) is 6.15. The summed E-state index contributed by atoms with van der Waals surface area (Å²) in [5.41, 5.74) is 0.976. The third-order valence-corrected chi connectivity index (χ3v) is 4.83. The minimum atomic E-state index is -0.188. The Hall–Kier alpha value is -2.50. The molecular weight excluding hydrogens is 332 g/mol. The Bertz CT molecular complexity index is 733. The molecule has 1 aliphatic carbocycles.